The lowest BCUT2D eigenvalue weighted by molar-refractivity contribution is -0.164. The maximum Gasteiger partial charge on any atom is 0.338 e. The molecule has 2 saturated heterocycles. The molecule has 232 valence electrons. The van der Waals surface area contributed by atoms with Crippen LogP contribution in [0.3, 0.4) is 0 Å². The van der Waals surface area contributed by atoms with E-state index in [9.17, 15) is 24.0 Å². The number of amides is 2. The molecule has 2 atom stereocenters. The van der Waals surface area contributed by atoms with Gasteiger partial charge in [0.25, 0.3) is 11.8 Å². The van der Waals surface area contributed by atoms with Crippen LogP contribution in [0, 0.1) is 0 Å². The fourth-order valence-corrected chi connectivity index (χ4v) is 4.79. The van der Waals surface area contributed by atoms with Gasteiger partial charge in [-0.2, -0.15) is 0 Å². The summed E-state index contributed by atoms with van der Waals surface area (Å²) in [5.74, 6) is -2.15. The number of ether oxygens (including phenoxy) is 5. The molecule has 1 aromatic rings. The second-order valence-corrected chi connectivity index (χ2v) is 12.3. The van der Waals surface area contributed by atoms with Crippen LogP contribution in [0.5, 0.6) is 11.5 Å². The van der Waals surface area contributed by atoms with Gasteiger partial charge < -0.3 is 33.5 Å². The molecule has 0 bridgehead atoms. The summed E-state index contributed by atoms with van der Waals surface area (Å²) in [5.41, 5.74) is -1.27. The Balaban J connectivity index is 1.66. The minimum Gasteiger partial charge on any atom is -0.484 e. The summed E-state index contributed by atoms with van der Waals surface area (Å²) in [6.45, 7) is 10.6. The van der Waals surface area contributed by atoms with E-state index < -0.39 is 66.2 Å². The largest absolute Gasteiger partial charge is 0.484 e. The van der Waals surface area contributed by atoms with Crippen molar-refractivity contribution in [3.8, 4) is 11.5 Å². The molecule has 2 heterocycles. The van der Waals surface area contributed by atoms with E-state index >= 15 is 0 Å². The van der Waals surface area contributed by atoms with Crippen molar-refractivity contribution < 1.29 is 47.7 Å². The number of hydrogen-bond donors (Lipinski definition) is 0. The average Bonchev–Trinajstić information content (AvgIpc) is 3.58. The van der Waals surface area contributed by atoms with Crippen LogP contribution in [0.2, 0.25) is 0 Å². The standard InChI is InChI=1S/C30H42N2O10/c1-29(2,3)41-27(36)22-10-8-12-31(22)24(33)17-39-20-14-19(26(35)38-7)15-21(16-20)40-18-25(34)32-13-9-11-23(32)28(37)42-30(4,5)6/h14-16,22-23H,8-13,17-18H2,1-7H3. The zero-order chi connectivity index (χ0) is 31.2. The third-order valence-electron chi connectivity index (χ3n) is 6.53. The number of benzene rings is 1. The first-order valence-electron chi connectivity index (χ1n) is 14.1. The number of methoxy groups -OCH3 is 1. The number of carbonyl (C=O) groups is 5. The zero-order valence-electron chi connectivity index (χ0n) is 25.5. The lowest BCUT2D eigenvalue weighted by Crippen LogP contribution is -2.45. The van der Waals surface area contributed by atoms with Crippen molar-refractivity contribution in [1.29, 1.82) is 0 Å². The van der Waals surface area contributed by atoms with E-state index in [1.807, 2.05) is 0 Å². The van der Waals surface area contributed by atoms with Crippen molar-refractivity contribution in [1.82, 2.24) is 9.80 Å². The molecule has 2 unspecified atom stereocenters. The van der Waals surface area contributed by atoms with Crippen molar-refractivity contribution in [3.63, 3.8) is 0 Å². The van der Waals surface area contributed by atoms with E-state index in [-0.39, 0.29) is 17.1 Å². The molecule has 2 aliphatic heterocycles. The minimum atomic E-state index is -0.693. The van der Waals surface area contributed by atoms with Crippen LogP contribution in [-0.4, -0.2) is 96.2 Å². The van der Waals surface area contributed by atoms with E-state index in [1.165, 1.54) is 35.1 Å². The summed E-state index contributed by atoms with van der Waals surface area (Å²) >= 11 is 0. The quantitative estimate of drug-likeness (QED) is 0.312. The van der Waals surface area contributed by atoms with Crippen molar-refractivity contribution in [2.45, 2.75) is 90.5 Å². The molecule has 0 radical (unpaired) electrons. The predicted molar refractivity (Wildman–Crippen MR) is 150 cm³/mol. The highest BCUT2D eigenvalue weighted by Gasteiger charge is 2.38. The number of esters is 3. The number of likely N-dealkylation sites (tertiary alicyclic amines) is 2. The molecule has 12 nitrogen and oxygen atoms in total. The van der Waals surface area contributed by atoms with Gasteiger partial charge in [0.1, 0.15) is 34.8 Å². The molecule has 0 spiro atoms. The molecule has 0 N–H and O–H groups in total. The Hall–Kier alpha value is -3.83. The highest BCUT2D eigenvalue weighted by molar-refractivity contribution is 5.91. The Labute approximate surface area is 246 Å². The van der Waals surface area contributed by atoms with Crippen LogP contribution < -0.4 is 9.47 Å². The second kappa shape index (κ2) is 13.4. The van der Waals surface area contributed by atoms with Crippen LogP contribution in [0.4, 0.5) is 0 Å². The van der Waals surface area contributed by atoms with Gasteiger partial charge in [-0.25, -0.2) is 14.4 Å². The normalized spacial score (nSPS) is 18.8. The molecule has 2 aliphatic rings. The fraction of sp³-hybridized carbons (Fsp3) is 0.633. The molecular weight excluding hydrogens is 548 g/mol. The summed E-state index contributed by atoms with van der Waals surface area (Å²) in [7, 11) is 1.22. The molecule has 42 heavy (non-hydrogen) atoms. The molecule has 0 aliphatic carbocycles. The van der Waals surface area contributed by atoms with Gasteiger partial charge in [0.05, 0.1) is 12.7 Å². The van der Waals surface area contributed by atoms with Crippen LogP contribution in [0.1, 0.15) is 77.6 Å². The van der Waals surface area contributed by atoms with E-state index in [4.69, 9.17) is 23.7 Å². The number of hydrogen-bond acceptors (Lipinski definition) is 10. The van der Waals surface area contributed by atoms with Gasteiger partial charge >= 0.3 is 17.9 Å². The van der Waals surface area contributed by atoms with E-state index in [1.54, 1.807) is 41.5 Å². The van der Waals surface area contributed by atoms with Crippen molar-refractivity contribution in [2.24, 2.45) is 0 Å². The summed E-state index contributed by atoms with van der Waals surface area (Å²) in [4.78, 5) is 66.3. The summed E-state index contributed by atoms with van der Waals surface area (Å²) < 4.78 is 27.1. The molecule has 12 heteroatoms. The first-order chi connectivity index (χ1) is 19.6. The van der Waals surface area contributed by atoms with Crippen LogP contribution in [0.15, 0.2) is 18.2 Å². The Bertz CT molecular complexity index is 1100. The molecule has 0 saturated carbocycles. The number of nitrogens with zero attached hydrogens (tertiary/aromatic N) is 2. The van der Waals surface area contributed by atoms with Gasteiger partial charge in [-0.05, 0) is 79.4 Å². The maximum absolute atomic E-state index is 13.0. The van der Waals surface area contributed by atoms with Crippen molar-refractivity contribution in [2.75, 3.05) is 33.4 Å². The SMILES string of the molecule is COC(=O)c1cc(OCC(=O)N2CCCC2C(=O)OC(C)(C)C)cc(OCC(=O)N2CCCC2C(=O)OC(C)(C)C)c1. The van der Waals surface area contributed by atoms with Crippen LogP contribution >= 0.6 is 0 Å². The van der Waals surface area contributed by atoms with Crippen LogP contribution in [-0.2, 0) is 33.4 Å². The molecular formula is C30H42N2O10. The highest BCUT2D eigenvalue weighted by Crippen LogP contribution is 2.26. The second-order valence-electron chi connectivity index (χ2n) is 12.3. The van der Waals surface area contributed by atoms with Crippen LogP contribution in [0.25, 0.3) is 0 Å². The zero-order valence-corrected chi connectivity index (χ0v) is 25.5. The average molecular weight is 591 g/mol. The summed E-state index contributed by atoms with van der Waals surface area (Å²) in [6.07, 6.45) is 2.31. The Morgan fingerprint density at radius 2 is 1.12 bits per heavy atom. The smallest absolute Gasteiger partial charge is 0.338 e. The Morgan fingerprint density at radius 1 is 0.714 bits per heavy atom. The van der Waals surface area contributed by atoms with E-state index in [0.29, 0.717) is 38.8 Å². The van der Waals surface area contributed by atoms with Crippen molar-refractivity contribution in [3.05, 3.63) is 23.8 Å². The van der Waals surface area contributed by atoms with Gasteiger partial charge in [-0.1, -0.05) is 0 Å². The third kappa shape index (κ3) is 9.09. The van der Waals surface area contributed by atoms with Gasteiger partial charge in [-0.15, -0.1) is 0 Å². The molecule has 1 aromatic carbocycles. The highest BCUT2D eigenvalue weighted by atomic mass is 16.6. The van der Waals surface area contributed by atoms with E-state index in [0.717, 1.165) is 0 Å². The topological polar surface area (TPSA) is 138 Å². The lowest BCUT2D eigenvalue weighted by Gasteiger charge is -2.27. The maximum atomic E-state index is 13.0. The van der Waals surface area contributed by atoms with Gasteiger partial charge in [0.2, 0.25) is 0 Å². The van der Waals surface area contributed by atoms with Gasteiger partial charge in [0, 0.05) is 19.2 Å². The minimum absolute atomic E-state index is 0.0884. The Morgan fingerprint density at radius 3 is 1.48 bits per heavy atom. The number of carbonyl (C=O) groups excluding carboxylic acids is 5. The Kier molecular flexibility index (Phi) is 10.5. The van der Waals surface area contributed by atoms with Crippen molar-refractivity contribution >= 4 is 29.7 Å². The summed E-state index contributed by atoms with van der Waals surface area (Å²) in [5, 5.41) is 0. The third-order valence-corrected chi connectivity index (χ3v) is 6.53. The number of rotatable bonds is 9. The first-order valence-corrected chi connectivity index (χ1v) is 14.1. The molecule has 2 fully saturated rings. The monoisotopic (exact) mass is 590 g/mol. The summed E-state index contributed by atoms with van der Waals surface area (Å²) in [6, 6.07) is 2.84. The lowest BCUT2D eigenvalue weighted by atomic mass is 10.1. The van der Waals surface area contributed by atoms with E-state index in [2.05, 4.69) is 0 Å². The predicted octanol–water partition coefficient (Wildman–Crippen LogP) is 2.90. The molecule has 0 aromatic heterocycles. The van der Waals surface area contributed by atoms with Gasteiger partial charge in [0.15, 0.2) is 13.2 Å². The molecule has 2 amide bonds. The first kappa shape index (κ1) is 32.7. The molecule has 3 rings (SSSR count). The van der Waals surface area contributed by atoms with Gasteiger partial charge in [-0.3, -0.25) is 9.59 Å². The fourth-order valence-electron chi connectivity index (χ4n) is 4.79.